The first-order chi connectivity index (χ1) is 8.28. The molecule has 0 aromatic heterocycles. The van der Waals surface area contributed by atoms with Crippen molar-refractivity contribution in [3.05, 3.63) is 0 Å². The Morgan fingerprint density at radius 1 is 0.941 bits per heavy atom. The van der Waals surface area contributed by atoms with E-state index in [9.17, 15) is 0 Å². The first kappa shape index (κ1) is 13.4. The first-order valence-electron chi connectivity index (χ1n) is 8.01. The van der Waals surface area contributed by atoms with E-state index < -0.39 is 0 Å². The molecule has 0 bridgehead atoms. The molecule has 0 spiro atoms. The first-order valence-corrected chi connectivity index (χ1v) is 8.01. The van der Waals surface area contributed by atoms with Crippen LogP contribution in [0.25, 0.3) is 0 Å². The standard InChI is InChI=1S/C16H31N/c1-3-14-7-9-16(10-8-14)12-17-13(2)11-15-5-4-6-15/h13-17H,3-12H2,1-2H3. The summed E-state index contributed by atoms with van der Waals surface area (Å²) >= 11 is 0. The molecule has 0 aromatic carbocycles. The summed E-state index contributed by atoms with van der Waals surface area (Å²) in [5.41, 5.74) is 0. The number of hydrogen-bond donors (Lipinski definition) is 1. The van der Waals surface area contributed by atoms with Crippen LogP contribution in [-0.2, 0) is 0 Å². The van der Waals surface area contributed by atoms with Gasteiger partial charge in [0.25, 0.3) is 0 Å². The second-order valence-corrected chi connectivity index (χ2v) is 6.64. The molecule has 0 saturated heterocycles. The molecule has 1 heteroatoms. The van der Waals surface area contributed by atoms with Crippen LogP contribution in [-0.4, -0.2) is 12.6 Å². The minimum absolute atomic E-state index is 0.754. The fourth-order valence-corrected chi connectivity index (χ4v) is 3.52. The van der Waals surface area contributed by atoms with Crippen LogP contribution in [0.15, 0.2) is 0 Å². The topological polar surface area (TPSA) is 12.0 Å². The molecule has 17 heavy (non-hydrogen) atoms. The van der Waals surface area contributed by atoms with Crippen molar-refractivity contribution >= 4 is 0 Å². The lowest BCUT2D eigenvalue weighted by Gasteiger charge is -2.31. The van der Waals surface area contributed by atoms with E-state index in [0.717, 1.165) is 23.8 Å². The van der Waals surface area contributed by atoms with Gasteiger partial charge in [0.1, 0.15) is 0 Å². The molecule has 0 heterocycles. The Morgan fingerprint density at radius 2 is 1.59 bits per heavy atom. The summed E-state index contributed by atoms with van der Waals surface area (Å²) in [6, 6.07) is 0.754. The van der Waals surface area contributed by atoms with Crippen molar-refractivity contribution in [2.24, 2.45) is 17.8 Å². The minimum atomic E-state index is 0.754. The zero-order chi connectivity index (χ0) is 12.1. The molecule has 1 unspecified atom stereocenters. The molecule has 2 fully saturated rings. The van der Waals surface area contributed by atoms with E-state index in [1.54, 1.807) is 0 Å². The van der Waals surface area contributed by atoms with E-state index >= 15 is 0 Å². The lowest BCUT2D eigenvalue weighted by Crippen LogP contribution is -2.35. The summed E-state index contributed by atoms with van der Waals surface area (Å²) in [6.07, 6.45) is 13.2. The lowest BCUT2D eigenvalue weighted by molar-refractivity contribution is 0.236. The predicted molar refractivity (Wildman–Crippen MR) is 75.2 cm³/mol. The quantitative estimate of drug-likeness (QED) is 0.723. The predicted octanol–water partition coefficient (Wildman–Crippen LogP) is 4.37. The van der Waals surface area contributed by atoms with Crippen molar-refractivity contribution in [3.8, 4) is 0 Å². The molecule has 0 aromatic rings. The Morgan fingerprint density at radius 3 is 2.12 bits per heavy atom. The number of nitrogens with one attached hydrogen (secondary N) is 1. The summed E-state index contributed by atoms with van der Waals surface area (Å²) in [7, 11) is 0. The van der Waals surface area contributed by atoms with E-state index in [1.165, 1.54) is 64.3 Å². The molecule has 1 N–H and O–H groups in total. The summed E-state index contributed by atoms with van der Waals surface area (Å²) in [5.74, 6) is 3.06. The van der Waals surface area contributed by atoms with Crippen molar-refractivity contribution in [2.45, 2.75) is 77.7 Å². The largest absolute Gasteiger partial charge is 0.314 e. The monoisotopic (exact) mass is 237 g/mol. The van der Waals surface area contributed by atoms with Gasteiger partial charge in [-0.3, -0.25) is 0 Å². The highest BCUT2D eigenvalue weighted by Gasteiger charge is 2.22. The van der Waals surface area contributed by atoms with Gasteiger partial charge in [-0.1, -0.05) is 45.4 Å². The van der Waals surface area contributed by atoms with Gasteiger partial charge in [0.05, 0.1) is 0 Å². The zero-order valence-electron chi connectivity index (χ0n) is 11.9. The van der Waals surface area contributed by atoms with Gasteiger partial charge in [-0.05, 0) is 50.5 Å². The van der Waals surface area contributed by atoms with Gasteiger partial charge in [-0.15, -0.1) is 0 Å². The molecule has 1 nitrogen and oxygen atoms in total. The Hall–Kier alpha value is -0.0400. The highest BCUT2D eigenvalue weighted by Crippen LogP contribution is 2.32. The van der Waals surface area contributed by atoms with Gasteiger partial charge in [0, 0.05) is 6.04 Å². The number of hydrogen-bond acceptors (Lipinski definition) is 1. The van der Waals surface area contributed by atoms with Crippen molar-refractivity contribution in [1.29, 1.82) is 0 Å². The van der Waals surface area contributed by atoms with Crippen LogP contribution < -0.4 is 5.32 Å². The number of rotatable bonds is 6. The van der Waals surface area contributed by atoms with Crippen molar-refractivity contribution < 1.29 is 0 Å². The maximum Gasteiger partial charge on any atom is 0.00414 e. The van der Waals surface area contributed by atoms with E-state index in [-0.39, 0.29) is 0 Å². The summed E-state index contributed by atoms with van der Waals surface area (Å²) in [4.78, 5) is 0. The van der Waals surface area contributed by atoms with Gasteiger partial charge in [0.2, 0.25) is 0 Å². The Bertz CT molecular complexity index is 202. The molecule has 1 atom stereocenters. The maximum absolute atomic E-state index is 3.78. The second-order valence-electron chi connectivity index (χ2n) is 6.64. The van der Waals surface area contributed by atoms with Gasteiger partial charge in [0.15, 0.2) is 0 Å². The molecular formula is C16H31N. The van der Waals surface area contributed by atoms with E-state index in [4.69, 9.17) is 0 Å². The highest BCUT2D eigenvalue weighted by molar-refractivity contribution is 4.77. The third-order valence-electron chi connectivity index (χ3n) is 5.21. The summed E-state index contributed by atoms with van der Waals surface area (Å²) in [6.45, 7) is 6.02. The normalized spacial score (nSPS) is 32.1. The Kier molecular flexibility index (Phi) is 5.34. The van der Waals surface area contributed by atoms with Crippen LogP contribution in [0.2, 0.25) is 0 Å². The minimum Gasteiger partial charge on any atom is -0.314 e. The third kappa shape index (κ3) is 4.28. The molecule has 2 aliphatic carbocycles. The van der Waals surface area contributed by atoms with Gasteiger partial charge >= 0.3 is 0 Å². The van der Waals surface area contributed by atoms with Gasteiger partial charge in [-0.2, -0.15) is 0 Å². The van der Waals surface area contributed by atoms with E-state index in [1.807, 2.05) is 0 Å². The van der Waals surface area contributed by atoms with Crippen LogP contribution in [0.5, 0.6) is 0 Å². The molecule has 2 rings (SSSR count). The van der Waals surface area contributed by atoms with Crippen LogP contribution in [0, 0.1) is 17.8 Å². The summed E-state index contributed by atoms with van der Waals surface area (Å²) < 4.78 is 0. The molecule has 2 aliphatic rings. The Labute approximate surface area is 108 Å². The van der Waals surface area contributed by atoms with Crippen LogP contribution >= 0.6 is 0 Å². The molecular weight excluding hydrogens is 206 g/mol. The molecule has 0 amide bonds. The van der Waals surface area contributed by atoms with Crippen LogP contribution in [0.4, 0.5) is 0 Å². The van der Waals surface area contributed by atoms with Crippen LogP contribution in [0.3, 0.4) is 0 Å². The Balaban J connectivity index is 1.55. The average Bonchev–Trinajstić information content (AvgIpc) is 2.32. The SMILES string of the molecule is CCC1CCC(CNC(C)CC2CCC2)CC1. The molecule has 100 valence electrons. The van der Waals surface area contributed by atoms with E-state index in [2.05, 4.69) is 19.2 Å². The molecule has 0 aliphatic heterocycles. The fourth-order valence-electron chi connectivity index (χ4n) is 3.52. The summed E-state index contributed by atoms with van der Waals surface area (Å²) in [5, 5.41) is 3.78. The van der Waals surface area contributed by atoms with E-state index in [0.29, 0.717) is 0 Å². The van der Waals surface area contributed by atoms with Crippen molar-refractivity contribution in [1.82, 2.24) is 5.32 Å². The maximum atomic E-state index is 3.78. The highest BCUT2D eigenvalue weighted by atomic mass is 14.9. The molecule has 2 saturated carbocycles. The second kappa shape index (κ2) is 6.78. The fraction of sp³-hybridized carbons (Fsp3) is 1.00. The van der Waals surface area contributed by atoms with Gasteiger partial charge in [-0.25, -0.2) is 0 Å². The van der Waals surface area contributed by atoms with Gasteiger partial charge < -0.3 is 5.32 Å². The molecule has 0 radical (unpaired) electrons. The third-order valence-corrected chi connectivity index (χ3v) is 5.21. The lowest BCUT2D eigenvalue weighted by atomic mass is 9.80. The zero-order valence-corrected chi connectivity index (χ0v) is 11.9. The van der Waals surface area contributed by atoms with Crippen molar-refractivity contribution in [2.75, 3.05) is 6.54 Å². The van der Waals surface area contributed by atoms with Crippen LogP contribution in [0.1, 0.15) is 71.6 Å². The smallest absolute Gasteiger partial charge is 0.00414 e. The van der Waals surface area contributed by atoms with Crippen molar-refractivity contribution in [3.63, 3.8) is 0 Å². The average molecular weight is 237 g/mol.